The van der Waals surface area contributed by atoms with E-state index in [-0.39, 0.29) is 0 Å². The van der Waals surface area contributed by atoms with Gasteiger partial charge >= 0.3 is 0 Å². The van der Waals surface area contributed by atoms with Crippen LogP contribution in [0.25, 0.3) is 75.4 Å². The van der Waals surface area contributed by atoms with Crippen molar-refractivity contribution in [3.63, 3.8) is 0 Å². The van der Waals surface area contributed by atoms with Gasteiger partial charge in [0.25, 0.3) is 0 Å². The summed E-state index contributed by atoms with van der Waals surface area (Å²) in [6, 6.07) is 45.9. The number of nitrogens with zero attached hydrogens (tertiary/aromatic N) is 3. The van der Waals surface area contributed by atoms with E-state index in [0.717, 1.165) is 10.6 Å². The van der Waals surface area contributed by atoms with Crippen LogP contribution in [0.4, 0.5) is 0 Å². The van der Waals surface area contributed by atoms with Crippen LogP contribution in [0.3, 0.4) is 0 Å². The Morgan fingerprint density at radius 2 is 1.08 bits per heavy atom. The highest BCUT2D eigenvalue weighted by Crippen LogP contribution is 2.41. The van der Waals surface area contributed by atoms with E-state index in [4.69, 9.17) is 4.98 Å². The third kappa shape index (κ3) is 2.95. The minimum Gasteiger partial charge on any atom is -0.309 e. The van der Waals surface area contributed by atoms with E-state index in [1.807, 2.05) is 0 Å². The number of thiazole rings is 1. The number of hydrogen-bond donors (Lipinski definition) is 0. The number of rotatable bonds is 2. The van der Waals surface area contributed by atoms with E-state index in [1.165, 1.54) is 64.8 Å². The summed E-state index contributed by atoms with van der Waals surface area (Å²) in [6.07, 6.45) is 0. The monoisotopic (exact) mass is 515 g/mol. The van der Waals surface area contributed by atoms with E-state index < -0.39 is 0 Å². The first-order valence-electron chi connectivity index (χ1n) is 13.1. The molecule has 0 fully saturated rings. The van der Waals surface area contributed by atoms with Gasteiger partial charge in [0.1, 0.15) is 0 Å². The van der Waals surface area contributed by atoms with Crippen molar-refractivity contribution in [2.75, 3.05) is 0 Å². The largest absolute Gasteiger partial charge is 0.309 e. The fraction of sp³-hybridized carbons (Fsp3) is 0. The average Bonchev–Trinajstić information content (AvgIpc) is 3.65. The van der Waals surface area contributed by atoms with E-state index in [9.17, 15) is 0 Å². The zero-order chi connectivity index (χ0) is 25.5. The molecular formula is C35H21N3S. The number of para-hydroxylation sites is 3. The Hall–Kier alpha value is -4.93. The molecule has 0 aliphatic rings. The second-order valence-corrected chi connectivity index (χ2v) is 11.1. The van der Waals surface area contributed by atoms with Gasteiger partial charge in [0.15, 0.2) is 5.13 Å². The Kier molecular flexibility index (Phi) is 4.21. The van der Waals surface area contributed by atoms with Gasteiger partial charge in [-0.25, -0.2) is 4.98 Å². The van der Waals surface area contributed by atoms with Crippen molar-refractivity contribution in [3.8, 4) is 10.8 Å². The summed E-state index contributed by atoms with van der Waals surface area (Å²) in [5, 5.41) is 8.46. The molecule has 0 atom stereocenters. The van der Waals surface area contributed by atoms with E-state index in [2.05, 4.69) is 137 Å². The molecule has 0 saturated heterocycles. The van der Waals surface area contributed by atoms with Crippen LogP contribution in [-0.2, 0) is 0 Å². The van der Waals surface area contributed by atoms with Crippen molar-refractivity contribution in [2.24, 2.45) is 0 Å². The first-order valence-corrected chi connectivity index (χ1v) is 14.0. The van der Waals surface area contributed by atoms with Gasteiger partial charge in [-0.1, -0.05) is 84.1 Å². The topological polar surface area (TPSA) is 22.8 Å². The molecule has 3 aromatic heterocycles. The lowest BCUT2D eigenvalue weighted by Crippen LogP contribution is -1.94. The predicted octanol–water partition coefficient (Wildman–Crippen LogP) is 9.64. The van der Waals surface area contributed by atoms with Gasteiger partial charge in [-0.2, -0.15) is 0 Å². The Balaban J connectivity index is 1.49. The summed E-state index contributed by atoms with van der Waals surface area (Å²) in [6.45, 7) is 0. The summed E-state index contributed by atoms with van der Waals surface area (Å²) in [5.74, 6) is 0. The van der Waals surface area contributed by atoms with Gasteiger partial charge < -0.3 is 4.57 Å². The summed E-state index contributed by atoms with van der Waals surface area (Å²) in [7, 11) is 0. The lowest BCUT2D eigenvalue weighted by Gasteiger charge is -2.08. The van der Waals surface area contributed by atoms with Gasteiger partial charge in [0.2, 0.25) is 0 Å². The lowest BCUT2D eigenvalue weighted by atomic mass is 10.1. The van der Waals surface area contributed by atoms with Crippen molar-refractivity contribution in [2.45, 2.75) is 0 Å². The van der Waals surface area contributed by atoms with Crippen LogP contribution >= 0.6 is 11.3 Å². The normalized spacial score (nSPS) is 12.1. The molecule has 0 amide bonds. The van der Waals surface area contributed by atoms with Crippen LogP contribution in [0.2, 0.25) is 0 Å². The van der Waals surface area contributed by atoms with Crippen LogP contribution in [-0.4, -0.2) is 14.1 Å². The highest BCUT2D eigenvalue weighted by Gasteiger charge is 2.20. The minimum absolute atomic E-state index is 0.998. The van der Waals surface area contributed by atoms with E-state index >= 15 is 0 Å². The highest BCUT2D eigenvalue weighted by atomic mass is 32.1. The predicted molar refractivity (Wildman–Crippen MR) is 166 cm³/mol. The second kappa shape index (κ2) is 7.79. The molecule has 0 aliphatic carbocycles. The molecule has 0 unspecified atom stereocenters. The summed E-state index contributed by atoms with van der Waals surface area (Å²) < 4.78 is 5.96. The Labute approximate surface area is 227 Å². The zero-order valence-electron chi connectivity index (χ0n) is 20.9. The molecule has 39 heavy (non-hydrogen) atoms. The highest BCUT2D eigenvalue weighted by molar-refractivity contribution is 7.20. The van der Waals surface area contributed by atoms with Crippen LogP contribution in [0.1, 0.15) is 0 Å². The molecule has 6 aromatic carbocycles. The summed E-state index contributed by atoms with van der Waals surface area (Å²) >= 11 is 1.75. The fourth-order valence-electron chi connectivity index (χ4n) is 6.18. The second-order valence-electron chi connectivity index (χ2n) is 10.1. The molecule has 0 saturated carbocycles. The molecule has 0 bridgehead atoms. The summed E-state index contributed by atoms with van der Waals surface area (Å²) in [4.78, 5) is 5.11. The number of hydrogen-bond acceptors (Lipinski definition) is 2. The Morgan fingerprint density at radius 1 is 0.462 bits per heavy atom. The van der Waals surface area contributed by atoms with Gasteiger partial charge in [0.05, 0.1) is 32.3 Å². The molecule has 182 valence electrons. The quantitative estimate of drug-likeness (QED) is 0.225. The van der Waals surface area contributed by atoms with Crippen molar-refractivity contribution in [3.05, 3.63) is 127 Å². The molecular weight excluding hydrogens is 494 g/mol. The minimum atomic E-state index is 0.998. The molecule has 0 aliphatic heterocycles. The van der Waals surface area contributed by atoms with E-state index in [0.29, 0.717) is 0 Å². The molecule has 9 aromatic rings. The van der Waals surface area contributed by atoms with Crippen molar-refractivity contribution in [1.82, 2.24) is 14.1 Å². The van der Waals surface area contributed by atoms with Crippen molar-refractivity contribution < 1.29 is 0 Å². The SMILES string of the molecule is c1ccc(-n2c3ccccc3c3cc4c(cc32)c2cc3ccccc3cc2n4-c2nc3ccccc3s2)cc1. The van der Waals surface area contributed by atoms with Crippen LogP contribution in [0, 0.1) is 0 Å². The first kappa shape index (κ1) is 21.1. The molecule has 0 spiro atoms. The molecule has 9 rings (SSSR count). The Morgan fingerprint density at radius 3 is 1.92 bits per heavy atom. The van der Waals surface area contributed by atoms with Crippen LogP contribution < -0.4 is 0 Å². The first-order chi connectivity index (χ1) is 19.3. The van der Waals surface area contributed by atoms with Gasteiger partial charge in [-0.15, -0.1) is 0 Å². The number of aromatic nitrogens is 3. The van der Waals surface area contributed by atoms with Crippen molar-refractivity contribution in [1.29, 1.82) is 0 Å². The number of fused-ring (bicyclic) bond motifs is 8. The zero-order valence-corrected chi connectivity index (χ0v) is 21.7. The standard InChI is InChI=1S/C35H21N3S/c1-2-12-24(13-3-1)37-30-16-8-6-14-25(30)27-20-33-28(21-32(27)37)26-18-22-10-4-5-11-23(22)19-31(26)38(33)35-36-29-15-7-9-17-34(29)39-35/h1-21H. The molecule has 3 heterocycles. The maximum absolute atomic E-state index is 5.11. The van der Waals surface area contributed by atoms with Gasteiger partial charge in [0, 0.05) is 27.2 Å². The maximum atomic E-state index is 5.11. The molecule has 3 nitrogen and oxygen atoms in total. The fourth-order valence-corrected chi connectivity index (χ4v) is 7.17. The summed E-state index contributed by atoms with van der Waals surface area (Å²) in [5.41, 5.74) is 7.01. The van der Waals surface area contributed by atoms with Gasteiger partial charge in [-0.05, 0) is 65.4 Å². The average molecular weight is 516 g/mol. The smallest absolute Gasteiger partial charge is 0.195 e. The van der Waals surface area contributed by atoms with Gasteiger partial charge in [-0.3, -0.25) is 4.57 Å². The third-order valence-electron chi connectivity index (χ3n) is 7.91. The van der Waals surface area contributed by atoms with Crippen LogP contribution in [0.5, 0.6) is 0 Å². The maximum Gasteiger partial charge on any atom is 0.195 e. The Bertz CT molecular complexity index is 2360. The van der Waals surface area contributed by atoms with Crippen molar-refractivity contribution >= 4 is 75.9 Å². The van der Waals surface area contributed by atoms with E-state index in [1.54, 1.807) is 11.3 Å². The lowest BCUT2D eigenvalue weighted by molar-refractivity contribution is 1.15. The number of benzene rings is 6. The van der Waals surface area contributed by atoms with Crippen LogP contribution in [0.15, 0.2) is 127 Å². The molecule has 0 N–H and O–H groups in total. The molecule has 4 heteroatoms. The molecule has 0 radical (unpaired) electrons. The third-order valence-corrected chi connectivity index (χ3v) is 8.94.